The van der Waals surface area contributed by atoms with Crippen molar-refractivity contribution < 1.29 is 14.0 Å². The van der Waals surface area contributed by atoms with Gasteiger partial charge in [-0.25, -0.2) is 0 Å². The lowest BCUT2D eigenvalue weighted by Crippen LogP contribution is -1.93. The van der Waals surface area contributed by atoms with Gasteiger partial charge >= 0.3 is 7.80 Å². The maximum Gasteiger partial charge on any atom is 0.343 e. The highest BCUT2D eigenvalue weighted by molar-refractivity contribution is 7.44. The summed E-state index contributed by atoms with van der Waals surface area (Å²) < 4.78 is 21.7. The lowest BCUT2D eigenvalue weighted by molar-refractivity contribution is 0.354. The van der Waals surface area contributed by atoms with Gasteiger partial charge in [0.1, 0.15) is 6.66 Å². The van der Waals surface area contributed by atoms with E-state index < -0.39 is 7.80 Å². The van der Waals surface area contributed by atoms with Gasteiger partial charge < -0.3 is 9.47 Å². The third-order valence-electron chi connectivity index (χ3n) is 2.44. The molecule has 3 nitrogen and oxygen atoms in total. The van der Waals surface area contributed by atoms with Crippen molar-refractivity contribution in [3.05, 3.63) is 23.8 Å². The van der Waals surface area contributed by atoms with E-state index in [1.54, 1.807) is 20.9 Å². The fraction of sp³-hybridized carbons (Fsp3) is 0.455. The highest BCUT2D eigenvalue weighted by atomic mass is 31.1. The van der Waals surface area contributed by atoms with Crippen LogP contribution in [0.5, 0.6) is 11.5 Å². The minimum Gasteiger partial charge on any atom is -0.493 e. The average molecular weight is 227 g/mol. The number of ether oxygens (including phenoxy) is 2. The molecule has 2 atom stereocenters. The van der Waals surface area contributed by atoms with E-state index in [1.165, 1.54) is 0 Å². The molecule has 0 bridgehead atoms. The first-order valence-corrected chi connectivity index (χ1v) is 6.49. The Hall–Kier alpha value is -1.08. The zero-order chi connectivity index (χ0) is 11.4. The summed E-state index contributed by atoms with van der Waals surface area (Å²) >= 11 is 0. The van der Waals surface area contributed by atoms with Gasteiger partial charge in [-0.3, -0.25) is 0 Å². The monoisotopic (exact) mass is 227 g/mol. The van der Waals surface area contributed by atoms with Gasteiger partial charge in [0, 0.05) is 5.56 Å². The molecule has 82 valence electrons. The van der Waals surface area contributed by atoms with E-state index >= 15 is 0 Å². The number of benzene rings is 1. The lowest BCUT2D eigenvalue weighted by atomic mass is 10.1. The molecule has 0 aliphatic heterocycles. The summed E-state index contributed by atoms with van der Waals surface area (Å²) in [6.45, 7) is 3.68. The quantitative estimate of drug-likeness (QED) is 0.741. The summed E-state index contributed by atoms with van der Waals surface area (Å²) in [5.74, 6) is 1.37. The van der Waals surface area contributed by atoms with Gasteiger partial charge in [0.2, 0.25) is 0 Å². The summed E-state index contributed by atoms with van der Waals surface area (Å²) in [6, 6.07) is 5.63. The minimum atomic E-state index is -1.22. The van der Waals surface area contributed by atoms with Crippen LogP contribution in [0, 0.1) is 0 Å². The van der Waals surface area contributed by atoms with Gasteiger partial charge in [-0.15, -0.1) is 0 Å². The Morgan fingerprint density at radius 3 is 2.27 bits per heavy atom. The molecule has 1 aromatic carbocycles. The van der Waals surface area contributed by atoms with Crippen LogP contribution in [0.4, 0.5) is 0 Å². The third kappa shape index (κ3) is 2.69. The molecule has 1 rings (SSSR count). The summed E-state index contributed by atoms with van der Waals surface area (Å²) in [7, 11) is 1.98. The second kappa shape index (κ2) is 5.13. The first-order chi connectivity index (χ1) is 7.10. The molecule has 0 heterocycles. The second-order valence-electron chi connectivity index (χ2n) is 3.34. The molecule has 2 unspecified atom stereocenters. The van der Waals surface area contributed by atoms with Crippen LogP contribution >= 0.6 is 7.80 Å². The van der Waals surface area contributed by atoms with E-state index in [1.807, 2.05) is 25.1 Å². The summed E-state index contributed by atoms with van der Waals surface area (Å²) in [6.07, 6.45) is 0. The zero-order valence-electron chi connectivity index (χ0n) is 9.48. The molecule has 0 radical (unpaired) electrons. The fourth-order valence-corrected chi connectivity index (χ4v) is 1.90. The smallest absolute Gasteiger partial charge is 0.343 e. The predicted molar refractivity (Wildman–Crippen MR) is 61.5 cm³/mol. The van der Waals surface area contributed by atoms with Crippen molar-refractivity contribution in [2.24, 2.45) is 0 Å². The van der Waals surface area contributed by atoms with Crippen molar-refractivity contribution in [2.45, 2.75) is 12.6 Å². The predicted octanol–water partition coefficient (Wildman–Crippen LogP) is 3.22. The lowest BCUT2D eigenvalue weighted by Gasteiger charge is -2.09. The van der Waals surface area contributed by atoms with E-state index in [-0.39, 0.29) is 5.66 Å². The van der Waals surface area contributed by atoms with E-state index in [0.29, 0.717) is 11.5 Å². The van der Waals surface area contributed by atoms with E-state index in [0.717, 1.165) is 5.56 Å². The van der Waals surface area contributed by atoms with Gasteiger partial charge in [-0.2, -0.15) is 0 Å². The van der Waals surface area contributed by atoms with Gasteiger partial charge in [-0.05, 0) is 19.1 Å². The van der Waals surface area contributed by atoms with Crippen LogP contribution in [-0.2, 0) is 4.57 Å². The molecule has 0 saturated carbocycles. The van der Waals surface area contributed by atoms with Gasteiger partial charge in [0.25, 0.3) is 0 Å². The molecule has 0 spiro atoms. The first-order valence-electron chi connectivity index (χ1n) is 4.72. The first kappa shape index (κ1) is 12.0. The molecule has 0 fully saturated rings. The van der Waals surface area contributed by atoms with Crippen molar-refractivity contribution >= 4 is 7.80 Å². The average Bonchev–Trinajstić information content (AvgIpc) is 2.26. The van der Waals surface area contributed by atoms with Crippen LogP contribution in [0.25, 0.3) is 0 Å². The number of hydrogen-bond acceptors (Lipinski definition) is 3. The van der Waals surface area contributed by atoms with Crippen molar-refractivity contribution in [2.75, 3.05) is 20.9 Å². The summed E-state index contributed by atoms with van der Waals surface area (Å²) in [5.41, 5.74) is 1.05. The van der Waals surface area contributed by atoms with Crippen molar-refractivity contribution in [3.63, 3.8) is 0 Å². The van der Waals surface area contributed by atoms with Crippen molar-refractivity contribution in [1.29, 1.82) is 0 Å². The van der Waals surface area contributed by atoms with Crippen LogP contribution in [0.3, 0.4) is 0 Å². The highest BCUT2D eigenvalue weighted by Gasteiger charge is 2.22. The maximum absolute atomic E-state index is 11.4. The van der Waals surface area contributed by atoms with E-state index in [4.69, 9.17) is 9.47 Å². The Morgan fingerprint density at radius 1 is 1.20 bits per heavy atom. The molecule has 0 aliphatic rings. The van der Waals surface area contributed by atoms with Crippen LogP contribution in [0.15, 0.2) is 18.2 Å². The van der Waals surface area contributed by atoms with Crippen LogP contribution in [-0.4, -0.2) is 20.9 Å². The second-order valence-corrected chi connectivity index (χ2v) is 5.20. The van der Waals surface area contributed by atoms with E-state index in [2.05, 4.69) is 0 Å². The largest absolute Gasteiger partial charge is 0.493 e. The molecule has 0 saturated heterocycles. The van der Waals surface area contributed by atoms with Gasteiger partial charge in [-0.1, -0.05) is 10.6 Å². The Balaban J connectivity index is 3.07. The standard InChI is InChI=1S/C11H16O3P/c1-8(15(4)12)9-5-6-10(13-2)11(7-9)14-3/h5-8H,1-4H3/q+1. The molecule has 0 amide bonds. The zero-order valence-corrected chi connectivity index (χ0v) is 10.4. The van der Waals surface area contributed by atoms with Crippen LogP contribution in [0.1, 0.15) is 18.1 Å². The number of methoxy groups -OCH3 is 2. The van der Waals surface area contributed by atoms with Crippen LogP contribution in [0.2, 0.25) is 0 Å². The SMILES string of the molecule is COc1ccc(C(C)[P+](C)=O)cc1OC. The highest BCUT2D eigenvalue weighted by Crippen LogP contribution is 2.40. The molecule has 4 heteroatoms. The van der Waals surface area contributed by atoms with Gasteiger partial charge in [0.05, 0.1) is 14.2 Å². The Bertz CT molecular complexity index is 363. The van der Waals surface area contributed by atoms with Crippen molar-refractivity contribution in [3.8, 4) is 11.5 Å². The normalized spacial score (nSPS) is 13.2. The van der Waals surface area contributed by atoms with E-state index in [9.17, 15) is 4.57 Å². The topological polar surface area (TPSA) is 35.5 Å². The summed E-state index contributed by atoms with van der Waals surface area (Å²) in [5, 5.41) is 0. The van der Waals surface area contributed by atoms with Crippen molar-refractivity contribution in [1.82, 2.24) is 0 Å². The molecule has 1 aromatic rings. The number of rotatable bonds is 4. The fourth-order valence-electron chi connectivity index (χ4n) is 1.32. The molecule has 0 aliphatic carbocycles. The molecular weight excluding hydrogens is 211 g/mol. The molecule has 15 heavy (non-hydrogen) atoms. The Morgan fingerprint density at radius 2 is 1.80 bits per heavy atom. The minimum absolute atomic E-state index is 0.0415. The summed E-state index contributed by atoms with van der Waals surface area (Å²) in [4.78, 5) is 0. The third-order valence-corrected chi connectivity index (χ3v) is 3.82. The number of hydrogen-bond donors (Lipinski definition) is 0. The Labute approximate surface area is 91.2 Å². The molecule has 0 N–H and O–H groups in total. The van der Waals surface area contributed by atoms with Gasteiger partial charge in [0.15, 0.2) is 17.2 Å². The maximum atomic E-state index is 11.4. The Kier molecular flexibility index (Phi) is 4.10. The molecular formula is C11H16O3P+. The molecule has 0 aromatic heterocycles. The van der Waals surface area contributed by atoms with Crippen LogP contribution < -0.4 is 9.47 Å².